The molecule has 0 radical (unpaired) electrons. The van der Waals surface area contributed by atoms with Crippen LogP contribution in [0.3, 0.4) is 0 Å². The standard InChI is InChI=1S/C16H16N4O5S/c1-23-12-4-3-5-13(24-2)15(12)18-16(26-10-14(21)20-22)19-17-8-11-6-7-25-9-11/h3-9H,10H2,1-2H3,(H,18,19)/b17-8+. The Hall–Kier alpha value is -3.14. The van der Waals surface area contributed by atoms with Gasteiger partial charge in [-0.15, -0.1) is 10.0 Å². The summed E-state index contributed by atoms with van der Waals surface area (Å²) in [6, 6.07) is 6.95. The monoisotopic (exact) mass is 376 g/mol. The molecule has 0 aliphatic carbocycles. The van der Waals surface area contributed by atoms with Crippen LogP contribution >= 0.6 is 11.8 Å². The van der Waals surface area contributed by atoms with E-state index < -0.39 is 5.91 Å². The highest BCUT2D eigenvalue weighted by Crippen LogP contribution is 2.34. The first-order valence-electron chi connectivity index (χ1n) is 7.28. The third-order valence-electron chi connectivity index (χ3n) is 2.99. The third kappa shape index (κ3) is 5.45. The van der Waals surface area contributed by atoms with Gasteiger partial charge >= 0.3 is 0 Å². The topological polar surface area (TPSA) is 115 Å². The van der Waals surface area contributed by atoms with Crippen molar-refractivity contribution in [2.24, 2.45) is 15.4 Å². The Kier molecular flexibility index (Phi) is 7.37. The number of nitrogens with one attached hydrogen (secondary N) is 1. The Morgan fingerprint density at radius 3 is 2.58 bits per heavy atom. The molecule has 0 aliphatic rings. The number of para-hydroxylation sites is 1. The van der Waals surface area contributed by atoms with Gasteiger partial charge in [-0.1, -0.05) is 17.8 Å². The molecular formula is C16H16N4O5S. The number of amides is 1. The number of rotatable bonds is 7. The predicted octanol–water partition coefficient (Wildman–Crippen LogP) is 3.13. The Morgan fingerprint density at radius 1 is 1.27 bits per heavy atom. The highest BCUT2D eigenvalue weighted by Gasteiger charge is 2.14. The summed E-state index contributed by atoms with van der Waals surface area (Å²) in [5.41, 5.74) is 1.23. The van der Waals surface area contributed by atoms with Crippen LogP contribution in [0.15, 0.2) is 56.6 Å². The number of ether oxygens (including phenoxy) is 2. The maximum atomic E-state index is 11.2. The van der Waals surface area contributed by atoms with Gasteiger partial charge in [-0.3, -0.25) is 4.79 Å². The van der Waals surface area contributed by atoms with E-state index in [1.807, 2.05) is 0 Å². The number of nitroso groups, excluding NO2 is 1. The maximum absolute atomic E-state index is 11.2. The molecule has 0 atom stereocenters. The summed E-state index contributed by atoms with van der Waals surface area (Å²) in [6.07, 6.45) is 4.49. The van der Waals surface area contributed by atoms with Crippen molar-refractivity contribution in [2.45, 2.75) is 0 Å². The number of hydrogen-bond acceptors (Lipinski definition) is 8. The number of nitrogens with zero attached hydrogens (tertiary/aromatic N) is 3. The smallest absolute Gasteiger partial charge is 0.296 e. The Balaban J connectivity index is 2.25. The van der Waals surface area contributed by atoms with Gasteiger partial charge < -0.3 is 19.2 Å². The summed E-state index contributed by atoms with van der Waals surface area (Å²) in [7, 11) is 3.03. The molecule has 26 heavy (non-hydrogen) atoms. The van der Waals surface area contributed by atoms with E-state index in [2.05, 4.69) is 20.7 Å². The highest BCUT2D eigenvalue weighted by molar-refractivity contribution is 8.14. The lowest BCUT2D eigenvalue weighted by molar-refractivity contribution is -0.115. The number of benzene rings is 1. The second kappa shape index (κ2) is 9.99. The molecule has 1 aromatic carbocycles. The summed E-state index contributed by atoms with van der Waals surface area (Å²) in [5, 5.41) is 13.6. The Morgan fingerprint density at radius 2 is 2.00 bits per heavy atom. The van der Waals surface area contributed by atoms with E-state index in [0.29, 0.717) is 17.2 Å². The van der Waals surface area contributed by atoms with Crippen LogP contribution in [-0.2, 0) is 4.79 Å². The Labute approximate surface area is 153 Å². The van der Waals surface area contributed by atoms with E-state index in [9.17, 15) is 9.70 Å². The van der Waals surface area contributed by atoms with Crippen molar-refractivity contribution in [3.63, 3.8) is 0 Å². The summed E-state index contributed by atoms with van der Waals surface area (Å²) in [5.74, 6) is 0.0245. The minimum atomic E-state index is -0.810. The van der Waals surface area contributed by atoms with Gasteiger partial charge in [-0.05, 0) is 18.2 Å². The van der Waals surface area contributed by atoms with Crippen molar-refractivity contribution in [3.05, 3.63) is 47.3 Å². The quantitative estimate of drug-likeness (QED) is 0.342. The minimum Gasteiger partial charge on any atom is -0.494 e. The van der Waals surface area contributed by atoms with Crippen molar-refractivity contribution >= 4 is 34.7 Å². The number of carbonyl (C=O) groups excluding carboxylic acids is 1. The molecule has 2 aromatic rings. The van der Waals surface area contributed by atoms with Crippen LogP contribution in [-0.4, -0.2) is 37.3 Å². The molecule has 0 spiro atoms. The molecule has 1 heterocycles. The van der Waals surface area contributed by atoms with Crippen LogP contribution in [0, 0.1) is 4.91 Å². The summed E-state index contributed by atoms with van der Waals surface area (Å²) in [4.78, 5) is 21.5. The number of methoxy groups -OCH3 is 2. The van der Waals surface area contributed by atoms with Crippen molar-refractivity contribution in [2.75, 3.05) is 25.3 Å². The Bertz CT molecular complexity index is 783. The molecular weight excluding hydrogens is 360 g/mol. The average Bonchev–Trinajstić information content (AvgIpc) is 3.19. The molecule has 0 unspecified atom stereocenters. The van der Waals surface area contributed by atoms with Crippen LogP contribution < -0.4 is 14.8 Å². The number of hydrogen-bond donors (Lipinski definition) is 1. The van der Waals surface area contributed by atoms with E-state index in [1.165, 1.54) is 33.0 Å². The van der Waals surface area contributed by atoms with Crippen molar-refractivity contribution < 1.29 is 18.7 Å². The van der Waals surface area contributed by atoms with E-state index in [-0.39, 0.29) is 10.9 Å². The van der Waals surface area contributed by atoms with Gasteiger partial charge in [0.25, 0.3) is 5.91 Å². The van der Waals surface area contributed by atoms with Crippen LogP contribution in [0.1, 0.15) is 5.56 Å². The fourth-order valence-electron chi connectivity index (χ4n) is 1.82. The largest absolute Gasteiger partial charge is 0.494 e. The van der Waals surface area contributed by atoms with Crippen LogP contribution in [0.4, 0.5) is 5.69 Å². The first kappa shape index (κ1) is 19.2. The van der Waals surface area contributed by atoms with E-state index >= 15 is 0 Å². The lowest BCUT2D eigenvalue weighted by atomic mass is 10.2. The molecule has 2 rings (SSSR count). The first-order chi connectivity index (χ1) is 12.7. The highest BCUT2D eigenvalue weighted by atomic mass is 32.2. The normalized spacial score (nSPS) is 11.4. The number of carbonyl (C=O) groups is 1. The van der Waals surface area contributed by atoms with E-state index in [1.54, 1.807) is 24.3 Å². The molecule has 136 valence electrons. The fourth-order valence-corrected chi connectivity index (χ4v) is 2.42. The third-order valence-corrected chi connectivity index (χ3v) is 3.84. The maximum Gasteiger partial charge on any atom is 0.296 e. The second-order valence-electron chi connectivity index (χ2n) is 4.64. The van der Waals surface area contributed by atoms with Crippen LogP contribution in [0.2, 0.25) is 0 Å². The molecule has 0 saturated carbocycles. The van der Waals surface area contributed by atoms with Crippen molar-refractivity contribution in [1.82, 2.24) is 0 Å². The fraction of sp³-hybridized carbons (Fsp3) is 0.188. The number of amidine groups is 1. The second-order valence-corrected chi connectivity index (χ2v) is 5.61. The van der Waals surface area contributed by atoms with Gasteiger partial charge in [-0.2, -0.15) is 5.10 Å². The molecule has 0 bridgehead atoms. The molecule has 9 nitrogen and oxygen atoms in total. The number of thioether (sulfide) groups is 1. The zero-order valence-corrected chi connectivity index (χ0v) is 14.9. The van der Waals surface area contributed by atoms with E-state index in [0.717, 1.165) is 17.3 Å². The lowest BCUT2D eigenvalue weighted by Crippen LogP contribution is -2.12. The summed E-state index contributed by atoms with van der Waals surface area (Å²) in [6.45, 7) is 0. The van der Waals surface area contributed by atoms with Gasteiger partial charge in [0.05, 0.1) is 38.7 Å². The first-order valence-corrected chi connectivity index (χ1v) is 8.26. The van der Waals surface area contributed by atoms with Crippen LogP contribution in [0.5, 0.6) is 11.5 Å². The average molecular weight is 376 g/mol. The molecule has 10 heteroatoms. The number of anilines is 1. The lowest BCUT2D eigenvalue weighted by Gasteiger charge is -2.14. The zero-order chi connectivity index (χ0) is 18.8. The molecule has 1 aromatic heterocycles. The van der Waals surface area contributed by atoms with Gasteiger partial charge in [0.15, 0.2) is 5.17 Å². The predicted molar refractivity (Wildman–Crippen MR) is 100 cm³/mol. The van der Waals surface area contributed by atoms with E-state index in [4.69, 9.17) is 13.9 Å². The zero-order valence-electron chi connectivity index (χ0n) is 14.0. The van der Waals surface area contributed by atoms with Crippen molar-refractivity contribution in [1.29, 1.82) is 0 Å². The van der Waals surface area contributed by atoms with Gasteiger partial charge in [0.1, 0.15) is 17.2 Å². The molecule has 1 amide bonds. The summed E-state index contributed by atoms with van der Waals surface area (Å²) < 4.78 is 15.5. The van der Waals surface area contributed by atoms with Gasteiger partial charge in [0.2, 0.25) is 0 Å². The van der Waals surface area contributed by atoms with Gasteiger partial charge in [-0.25, -0.2) is 0 Å². The summed E-state index contributed by atoms with van der Waals surface area (Å²) >= 11 is 0.972. The number of furan rings is 1. The van der Waals surface area contributed by atoms with Crippen LogP contribution in [0.25, 0.3) is 0 Å². The SMILES string of the molecule is COc1cccc(OC)c1N/C(=N\N=C\c1ccoc1)SCC(=O)N=O. The molecule has 0 saturated heterocycles. The van der Waals surface area contributed by atoms with Crippen molar-refractivity contribution in [3.8, 4) is 11.5 Å². The molecule has 1 N–H and O–H groups in total. The van der Waals surface area contributed by atoms with Gasteiger partial charge in [0, 0.05) is 10.7 Å². The minimum absolute atomic E-state index is 0.186. The molecule has 0 fully saturated rings. The molecule has 0 aliphatic heterocycles.